The molecule has 1 saturated heterocycles. The van der Waals surface area contributed by atoms with Crippen LogP contribution in [0.15, 0.2) is 54.6 Å². The molecule has 0 aliphatic carbocycles. The van der Waals surface area contributed by atoms with Crippen molar-refractivity contribution in [3.05, 3.63) is 66.0 Å². The Balaban J connectivity index is 1.50. The van der Waals surface area contributed by atoms with Crippen LogP contribution in [0.1, 0.15) is 48.5 Å². The van der Waals surface area contributed by atoms with Crippen LogP contribution in [0, 0.1) is 5.92 Å². The second-order valence-electron chi connectivity index (χ2n) is 7.32. The van der Waals surface area contributed by atoms with Gasteiger partial charge in [-0.2, -0.15) is 8.78 Å². The second-order valence-corrected chi connectivity index (χ2v) is 7.32. The number of hydrogen-bond donors (Lipinski definition) is 0. The van der Waals surface area contributed by atoms with E-state index in [4.69, 9.17) is 0 Å². The van der Waals surface area contributed by atoms with Crippen molar-refractivity contribution in [1.29, 1.82) is 0 Å². The number of likely N-dealkylation sites (tertiary alicyclic amines) is 1. The van der Waals surface area contributed by atoms with Gasteiger partial charge < -0.3 is 0 Å². The first-order valence-electron chi connectivity index (χ1n) is 9.64. The van der Waals surface area contributed by atoms with Crippen molar-refractivity contribution in [3.8, 4) is 0 Å². The first-order chi connectivity index (χ1) is 13.6. The normalized spacial score (nSPS) is 17.3. The number of benzene rings is 2. The van der Waals surface area contributed by atoms with E-state index < -0.39 is 6.55 Å². The summed E-state index contributed by atoms with van der Waals surface area (Å²) in [5.41, 5.74) is 1.78. The first kappa shape index (κ1) is 18.7. The lowest BCUT2D eigenvalue weighted by molar-refractivity contribution is 0.0595. The molecule has 0 unspecified atom stereocenters. The lowest BCUT2D eigenvalue weighted by Gasteiger charge is -2.35. The Kier molecular flexibility index (Phi) is 5.22. The lowest BCUT2D eigenvalue weighted by Crippen LogP contribution is -2.38. The monoisotopic (exact) mass is 383 g/mol. The summed E-state index contributed by atoms with van der Waals surface area (Å²) >= 11 is 0. The van der Waals surface area contributed by atoms with Crippen molar-refractivity contribution < 1.29 is 13.6 Å². The average molecular weight is 383 g/mol. The molecule has 0 N–H and O–H groups in total. The molecule has 0 amide bonds. The Morgan fingerprint density at radius 1 is 1.04 bits per heavy atom. The molecule has 3 aromatic rings. The van der Waals surface area contributed by atoms with Crippen LogP contribution in [-0.2, 0) is 0 Å². The van der Waals surface area contributed by atoms with Crippen LogP contribution < -0.4 is 0 Å². The number of aromatic nitrogens is 2. The Morgan fingerprint density at radius 2 is 1.68 bits per heavy atom. The van der Waals surface area contributed by atoms with E-state index in [0.29, 0.717) is 29.9 Å². The third-order valence-corrected chi connectivity index (χ3v) is 5.70. The van der Waals surface area contributed by atoms with E-state index in [9.17, 15) is 13.6 Å². The van der Waals surface area contributed by atoms with E-state index in [1.54, 1.807) is 24.3 Å². The van der Waals surface area contributed by atoms with Gasteiger partial charge in [0.05, 0.1) is 17.1 Å². The molecule has 28 heavy (non-hydrogen) atoms. The van der Waals surface area contributed by atoms with Crippen molar-refractivity contribution in [2.75, 3.05) is 13.1 Å². The quantitative estimate of drug-likeness (QED) is 0.576. The molecule has 2 heterocycles. The standard InChI is InChI=1S/C22H23F2N3O/c1-15(21-25-18-9-5-6-10-19(18)27(21)22(23)24)26-13-11-17(12-14-26)20(28)16-7-3-2-4-8-16/h2-10,15,17,22H,11-14H2,1H3/t15-/m1/s1. The van der Waals surface area contributed by atoms with Crippen LogP contribution >= 0.6 is 0 Å². The van der Waals surface area contributed by atoms with Gasteiger partial charge in [-0.25, -0.2) is 4.98 Å². The molecule has 1 atom stereocenters. The predicted molar refractivity (Wildman–Crippen MR) is 104 cm³/mol. The van der Waals surface area contributed by atoms with Crippen molar-refractivity contribution >= 4 is 16.8 Å². The smallest absolute Gasteiger partial charge is 0.294 e. The minimum atomic E-state index is -2.64. The summed E-state index contributed by atoms with van der Waals surface area (Å²) in [5, 5.41) is 0. The molecular formula is C22H23F2N3O. The molecule has 0 radical (unpaired) electrons. The topological polar surface area (TPSA) is 38.1 Å². The van der Waals surface area contributed by atoms with Gasteiger partial charge in [-0.15, -0.1) is 0 Å². The van der Waals surface area contributed by atoms with Gasteiger partial charge >= 0.3 is 6.55 Å². The Morgan fingerprint density at radius 3 is 2.36 bits per heavy atom. The van der Waals surface area contributed by atoms with E-state index >= 15 is 0 Å². The third kappa shape index (κ3) is 3.44. The van der Waals surface area contributed by atoms with Gasteiger partial charge in [-0.3, -0.25) is 14.3 Å². The number of carbonyl (C=O) groups excluding carboxylic acids is 1. The fraction of sp³-hybridized carbons (Fsp3) is 0.364. The number of rotatable bonds is 5. The lowest BCUT2D eigenvalue weighted by atomic mass is 9.88. The molecule has 4 nitrogen and oxygen atoms in total. The highest BCUT2D eigenvalue weighted by Gasteiger charge is 2.31. The summed E-state index contributed by atoms with van der Waals surface area (Å²) in [6.45, 7) is 0.662. The number of para-hydroxylation sites is 2. The highest BCUT2D eigenvalue weighted by Crippen LogP contribution is 2.32. The zero-order valence-corrected chi connectivity index (χ0v) is 15.8. The van der Waals surface area contributed by atoms with E-state index in [0.717, 1.165) is 23.0 Å². The summed E-state index contributed by atoms with van der Waals surface area (Å²) in [6, 6.07) is 16.1. The van der Waals surface area contributed by atoms with Gasteiger partial charge in [0, 0.05) is 11.5 Å². The van der Waals surface area contributed by atoms with Crippen LogP contribution in [-0.4, -0.2) is 33.3 Å². The largest absolute Gasteiger partial charge is 0.320 e. The van der Waals surface area contributed by atoms with Gasteiger partial charge in [0.1, 0.15) is 5.82 Å². The fourth-order valence-corrected chi connectivity index (χ4v) is 4.11. The maximum atomic E-state index is 13.7. The summed E-state index contributed by atoms with van der Waals surface area (Å²) < 4.78 is 28.5. The number of halogens is 2. The second kappa shape index (κ2) is 7.80. The molecular weight excluding hydrogens is 360 g/mol. The molecule has 0 bridgehead atoms. The number of carbonyl (C=O) groups is 1. The predicted octanol–water partition coefficient (Wildman–Crippen LogP) is 5.09. The highest BCUT2D eigenvalue weighted by molar-refractivity contribution is 5.97. The maximum Gasteiger partial charge on any atom is 0.320 e. The van der Waals surface area contributed by atoms with Crippen LogP contribution in [0.5, 0.6) is 0 Å². The molecule has 1 aliphatic heterocycles. The van der Waals surface area contributed by atoms with Gasteiger partial charge in [-0.05, 0) is 45.0 Å². The minimum absolute atomic E-state index is 0.0141. The number of hydrogen-bond acceptors (Lipinski definition) is 3. The number of alkyl halides is 2. The zero-order valence-electron chi connectivity index (χ0n) is 15.8. The Hall–Kier alpha value is -2.60. The van der Waals surface area contributed by atoms with Crippen molar-refractivity contribution in [3.63, 3.8) is 0 Å². The highest BCUT2D eigenvalue weighted by atomic mass is 19.3. The van der Waals surface area contributed by atoms with Gasteiger partial charge in [-0.1, -0.05) is 42.5 Å². The van der Waals surface area contributed by atoms with Crippen LogP contribution in [0.3, 0.4) is 0 Å². The minimum Gasteiger partial charge on any atom is -0.294 e. The van der Waals surface area contributed by atoms with E-state index in [2.05, 4.69) is 9.88 Å². The van der Waals surface area contributed by atoms with E-state index in [1.807, 2.05) is 37.3 Å². The van der Waals surface area contributed by atoms with Crippen LogP contribution in [0.25, 0.3) is 11.0 Å². The molecule has 1 aromatic heterocycles. The van der Waals surface area contributed by atoms with Gasteiger partial charge in [0.2, 0.25) is 0 Å². The number of ketones is 1. The molecule has 1 aliphatic rings. The Bertz CT molecular complexity index is 962. The molecule has 1 fully saturated rings. The molecule has 4 rings (SSSR count). The molecule has 2 aromatic carbocycles. The number of nitrogens with zero attached hydrogens (tertiary/aromatic N) is 3. The summed E-state index contributed by atoms with van der Waals surface area (Å²) in [4.78, 5) is 19.3. The first-order valence-corrected chi connectivity index (χ1v) is 9.64. The summed E-state index contributed by atoms with van der Waals surface area (Å²) in [7, 11) is 0. The van der Waals surface area contributed by atoms with Crippen LogP contribution in [0.4, 0.5) is 8.78 Å². The number of piperidine rings is 1. The number of imidazole rings is 1. The molecule has 0 saturated carbocycles. The van der Waals surface area contributed by atoms with Crippen molar-refractivity contribution in [2.24, 2.45) is 5.92 Å². The number of fused-ring (bicyclic) bond motifs is 1. The van der Waals surface area contributed by atoms with E-state index in [1.165, 1.54) is 0 Å². The van der Waals surface area contributed by atoms with Crippen LogP contribution in [0.2, 0.25) is 0 Å². The number of Topliss-reactive ketones (excluding diaryl/α,β-unsaturated/α-hetero) is 1. The van der Waals surface area contributed by atoms with Crippen molar-refractivity contribution in [1.82, 2.24) is 14.5 Å². The zero-order chi connectivity index (χ0) is 19.7. The molecule has 0 spiro atoms. The Labute approximate surface area is 162 Å². The van der Waals surface area contributed by atoms with Gasteiger partial charge in [0.15, 0.2) is 5.78 Å². The maximum absolute atomic E-state index is 13.7. The summed E-state index contributed by atoms with van der Waals surface area (Å²) in [6.07, 6.45) is 1.46. The SMILES string of the molecule is C[C@H](c1nc2ccccc2n1C(F)F)N1CCC(C(=O)c2ccccc2)CC1. The average Bonchev–Trinajstić information content (AvgIpc) is 3.13. The molecule has 6 heteroatoms. The molecule has 146 valence electrons. The van der Waals surface area contributed by atoms with Gasteiger partial charge in [0.25, 0.3) is 0 Å². The third-order valence-electron chi connectivity index (χ3n) is 5.70. The fourth-order valence-electron chi connectivity index (χ4n) is 4.11. The van der Waals surface area contributed by atoms with Crippen molar-refractivity contribution in [2.45, 2.75) is 32.4 Å². The van der Waals surface area contributed by atoms with E-state index in [-0.39, 0.29) is 17.7 Å². The summed E-state index contributed by atoms with van der Waals surface area (Å²) in [5.74, 6) is 0.538.